The molecule has 1 saturated heterocycles. The van der Waals surface area contributed by atoms with Crippen LogP contribution in [-0.4, -0.2) is 61.3 Å². The molecule has 31 heavy (non-hydrogen) atoms. The first-order valence-electron chi connectivity index (χ1n) is 10.5. The number of morpholine rings is 1. The van der Waals surface area contributed by atoms with Gasteiger partial charge in [-0.25, -0.2) is 4.79 Å². The fraction of sp³-hybridized carbons (Fsp3) is 0.333. The summed E-state index contributed by atoms with van der Waals surface area (Å²) in [6, 6.07) is 17.4. The van der Waals surface area contributed by atoms with Crippen molar-refractivity contribution < 1.29 is 19.1 Å². The Hall–Kier alpha value is -3.16. The van der Waals surface area contributed by atoms with E-state index in [-0.39, 0.29) is 18.5 Å². The molecule has 3 aromatic rings. The Morgan fingerprint density at radius 1 is 1.06 bits per heavy atom. The molecule has 0 saturated carbocycles. The molecule has 1 aromatic heterocycles. The molecule has 2 heterocycles. The van der Waals surface area contributed by atoms with Gasteiger partial charge in [0.15, 0.2) is 0 Å². The zero-order valence-electron chi connectivity index (χ0n) is 17.6. The van der Waals surface area contributed by atoms with Crippen LogP contribution in [0, 0.1) is 0 Å². The van der Waals surface area contributed by atoms with Crippen molar-refractivity contribution in [2.75, 3.05) is 40.0 Å². The molecule has 1 atom stereocenters. The molecule has 0 bridgehead atoms. The molecule has 1 fully saturated rings. The maximum Gasteiger partial charge on any atom is 0.340 e. The maximum absolute atomic E-state index is 13.0. The van der Waals surface area contributed by atoms with Crippen LogP contribution in [0.25, 0.3) is 10.9 Å². The van der Waals surface area contributed by atoms with Crippen molar-refractivity contribution >= 4 is 22.8 Å². The number of fused-ring (bicyclic) bond motifs is 1. The van der Waals surface area contributed by atoms with Gasteiger partial charge in [-0.2, -0.15) is 0 Å². The molecule has 0 spiro atoms. The van der Waals surface area contributed by atoms with Crippen LogP contribution in [0.3, 0.4) is 0 Å². The predicted octanol–water partition coefficient (Wildman–Crippen LogP) is 2.62. The third kappa shape index (κ3) is 4.95. The van der Waals surface area contributed by atoms with Crippen molar-refractivity contribution in [1.29, 1.82) is 0 Å². The number of aromatic nitrogens is 1. The number of rotatable bonds is 7. The molecule has 4 rings (SSSR count). The molecule has 7 nitrogen and oxygen atoms in total. The minimum atomic E-state index is -0.412. The number of amides is 1. The highest BCUT2D eigenvalue weighted by Gasteiger charge is 2.21. The molecule has 1 aliphatic heterocycles. The topological polar surface area (TPSA) is 72.8 Å². The number of nitrogens with zero attached hydrogens (tertiary/aromatic N) is 2. The Bertz CT molecular complexity index is 1040. The van der Waals surface area contributed by atoms with Crippen molar-refractivity contribution in [2.45, 2.75) is 12.6 Å². The van der Waals surface area contributed by atoms with Gasteiger partial charge in [0.1, 0.15) is 6.54 Å². The van der Waals surface area contributed by atoms with E-state index >= 15 is 0 Å². The highest BCUT2D eigenvalue weighted by molar-refractivity contribution is 6.04. The summed E-state index contributed by atoms with van der Waals surface area (Å²) in [5.74, 6) is -0.524. The van der Waals surface area contributed by atoms with Crippen LogP contribution in [0.1, 0.15) is 22.0 Å². The van der Waals surface area contributed by atoms with E-state index in [4.69, 9.17) is 9.47 Å². The molecular weight excluding hydrogens is 394 g/mol. The van der Waals surface area contributed by atoms with E-state index in [0.29, 0.717) is 18.8 Å². The Morgan fingerprint density at radius 3 is 2.52 bits per heavy atom. The van der Waals surface area contributed by atoms with Gasteiger partial charge in [0.25, 0.3) is 0 Å². The number of ether oxygens (including phenoxy) is 2. The first kappa shape index (κ1) is 21.1. The summed E-state index contributed by atoms with van der Waals surface area (Å²) in [4.78, 5) is 27.5. The molecule has 162 valence electrons. The summed E-state index contributed by atoms with van der Waals surface area (Å²) in [6.07, 6.45) is 1.69. The van der Waals surface area contributed by atoms with E-state index in [9.17, 15) is 9.59 Å². The fourth-order valence-corrected chi connectivity index (χ4v) is 4.01. The van der Waals surface area contributed by atoms with Gasteiger partial charge in [-0.1, -0.05) is 48.5 Å². The average molecular weight is 421 g/mol. The first-order valence-corrected chi connectivity index (χ1v) is 10.5. The van der Waals surface area contributed by atoms with E-state index in [1.165, 1.54) is 7.11 Å². The number of benzene rings is 2. The number of carbonyl (C=O) groups is 2. The van der Waals surface area contributed by atoms with Crippen LogP contribution in [0.5, 0.6) is 0 Å². The van der Waals surface area contributed by atoms with Gasteiger partial charge < -0.3 is 19.4 Å². The average Bonchev–Trinajstić information content (AvgIpc) is 3.18. The van der Waals surface area contributed by atoms with Crippen LogP contribution in [0.2, 0.25) is 0 Å². The van der Waals surface area contributed by atoms with E-state index in [1.807, 2.05) is 54.6 Å². The Morgan fingerprint density at radius 2 is 1.77 bits per heavy atom. The van der Waals surface area contributed by atoms with Gasteiger partial charge in [-0.05, 0) is 11.6 Å². The van der Waals surface area contributed by atoms with Crippen LogP contribution in [0.4, 0.5) is 0 Å². The molecule has 7 heteroatoms. The summed E-state index contributed by atoms with van der Waals surface area (Å²) in [6.45, 7) is 3.96. The second-order valence-electron chi connectivity index (χ2n) is 7.62. The monoisotopic (exact) mass is 421 g/mol. The molecule has 0 aliphatic carbocycles. The second-order valence-corrected chi connectivity index (χ2v) is 7.62. The number of methoxy groups -OCH3 is 1. The van der Waals surface area contributed by atoms with Crippen molar-refractivity contribution in [2.24, 2.45) is 0 Å². The predicted molar refractivity (Wildman–Crippen MR) is 118 cm³/mol. The number of nitrogens with one attached hydrogen (secondary N) is 1. The summed E-state index contributed by atoms with van der Waals surface area (Å²) < 4.78 is 12.1. The van der Waals surface area contributed by atoms with E-state index in [0.717, 1.165) is 36.1 Å². The summed E-state index contributed by atoms with van der Waals surface area (Å²) in [7, 11) is 1.36. The minimum absolute atomic E-state index is 0.112. The second kappa shape index (κ2) is 9.76. The highest BCUT2D eigenvalue weighted by Crippen LogP contribution is 2.22. The summed E-state index contributed by atoms with van der Waals surface area (Å²) in [5.41, 5.74) is 2.34. The molecule has 1 aliphatic rings. The molecule has 1 N–H and O–H groups in total. The van der Waals surface area contributed by atoms with Gasteiger partial charge in [-0.15, -0.1) is 0 Å². The third-order valence-corrected chi connectivity index (χ3v) is 5.59. The van der Waals surface area contributed by atoms with Gasteiger partial charge in [0.05, 0.1) is 31.9 Å². The van der Waals surface area contributed by atoms with Gasteiger partial charge in [0, 0.05) is 36.7 Å². The SMILES string of the molecule is COC(=O)c1cn(CC(=O)NC(CN2CCOCC2)c2ccccc2)c2ccccc12. The van der Waals surface area contributed by atoms with Gasteiger partial charge >= 0.3 is 5.97 Å². The van der Waals surface area contributed by atoms with Crippen LogP contribution < -0.4 is 5.32 Å². The quantitative estimate of drug-likeness (QED) is 0.594. The number of esters is 1. The van der Waals surface area contributed by atoms with Gasteiger partial charge in [-0.3, -0.25) is 9.69 Å². The lowest BCUT2D eigenvalue weighted by atomic mass is 10.1. The molecule has 2 aromatic carbocycles. The Balaban J connectivity index is 1.53. The normalized spacial score (nSPS) is 15.5. The maximum atomic E-state index is 13.0. The minimum Gasteiger partial charge on any atom is -0.465 e. The molecule has 1 amide bonds. The van der Waals surface area contributed by atoms with Crippen molar-refractivity contribution in [3.63, 3.8) is 0 Å². The molecular formula is C24H27N3O4. The fourth-order valence-electron chi connectivity index (χ4n) is 4.01. The van der Waals surface area contributed by atoms with Crippen LogP contribution >= 0.6 is 0 Å². The Labute approximate surface area is 181 Å². The largest absolute Gasteiger partial charge is 0.465 e. The summed E-state index contributed by atoms with van der Waals surface area (Å²) in [5, 5.41) is 3.96. The zero-order valence-corrected chi connectivity index (χ0v) is 17.6. The molecule has 0 radical (unpaired) electrons. The van der Waals surface area contributed by atoms with Gasteiger partial charge in [0.2, 0.25) is 5.91 Å². The number of carbonyl (C=O) groups excluding carboxylic acids is 2. The lowest BCUT2D eigenvalue weighted by molar-refractivity contribution is -0.122. The van der Waals surface area contributed by atoms with Crippen molar-refractivity contribution in [3.8, 4) is 0 Å². The number of hydrogen-bond acceptors (Lipinski definition) is 5. The lowest BCUT2D eigenvalue weighted by Crippen LogP contribution is -2.43. The Kier molecular flexibility index (Phi) is 6.64. The van der Waals surface area contributed by atoms with E-state index < -0.39 is 5.97 Å². The molecule has 1 unspecified atom stereocenters. The lowest BCUT2D eigenvalue weighted by Gasteiger charge is -2.31. The smallest absolute Gasteiger partial charge is 0.340 e. The first-order chi connectivity index (χ1) is 15.2. The summed E-state index contributed by atoms with van der Waals surface area (Å²) >= 11 is 0. The number of para-hydroxylation sites is 1. The van der Waals surface area contributed by atoms with Crippen molar-refractivity contribution in [3.05, 3.63) is 71.9 Å². The van der Waals surface area contributed by atoms with E-state index in [2.05, 4.69) is 10.2 Å². The number of hydrogen-bond donors (Lipinski definition) is 1. The van der Waals surface area contributed by atoms with Crippen molar-refractivity contribution in [1.82, 2.24) is 14.8 Å². The van der Waals surface area contributed by atoms with Crippen LogP contribution in [0.15, 0.2) is 60.8 Å². The standard InChI is InChI=1S/C24H27N3O4/c1-30-24(29)20-15-27(22-10-6-5-9-19(20)22)17-23(28)25-21(18-7-3-2-4-8-18)16-26-11-13-31-14-12-26/h2-10,15,21H,11-14,16-17H2,1H3,(H,25,28). The third-order valence-electron chi connectivity index (χ3n) is 5.59. The highest BCUT2D eigenvalue weighted by atomic mass is 16.5. The van der Waals surface area contributed by atoms with Crippen LogP contribution in [-0.2, 0) is 20.8 Å². The van der Waals surface area contributed by atoms with E-state index in [1.54, 1.807) is 10.8 Å². The zero-order chi connectivity index (χ0) is 21.6.